The number of hydrogen-bond acceptors (Lipinski definition) is 8. The van der Waals surface area contributed by atoms with Crippen LogP contribution in [-0.2, 0) is 30.7 Å². The molecule has 5 rings (SSSR count). The highest BCUT2D eigenvalue weighted by Crippen LogP contribution is 2.37. The monoisotopic (exact) mass is 833 g/mol. The molecule has 4 aromatic carbocycles. The molecule has 1 aliphatic rings. The van der Waals surface area contributed by atoms with Crippen LogP contribution >= 0.6 is 11.8 Å². The van der Waals surface area contributed by atoms with Crippen molar-refractivity contribution in [3.8, 4) is 0 Å². The molecule has 2 N–H and O–H groups in total. The number of sulfone groups is 1. The Hall–Kier alpha value is -3.02. The SMILES string of the molecule is CC(C)(C)[Si](OCCN1CCN(CC[C@H](CSc2ccccc2)Cc2ccc(S(N)(=O)=O)cc2S(=O)(=O)C(F)(F)F)CC1)(c1ccccc1)c1ccccc1. The molecule has 1 saturated heterocycles. The summed E-state index contributed by atoms with van der Waals surface area (Å²) in [7, 11) is -13.0. The quantitative estimate of drug-likeness (QED) is 0.106. The molecule has 0 unspecified atom stereocenters. The highest BCUT2D eigenvalue weighted by molar-refractivity contribution is 7.99. The summed E-state index contributed by atoms with van der Waals surface area (Å²) in [5.41, 5.74) is -5.70. The van der Waals surface area contributed by atoms with Gasteiger partial charge in [0.1, 0.15) is 0 Å². The van der Waals surface area contributed by atoms with Crippen LogP contribution in [0.1, 0.15) is 32.8 Å². The summed E-state index contributed by atoms with van der Waals surface area (Å²) in [6.45, 7) is 12.1. The molecule has 15 heteroatoms. The van der Waals surface area contributed by atoms with Gasteiger partial charge in [-0.25, -0.2) is 22.0 Å². The number of nitrogens with zero attached hydrogens (tertiary/aromatic N) is 2. The molecule has 0 amide bonds. The van der Waals surface area contributed by atoms with Gasteiger partial charge < -0.3 is 9.33 Å². The van der Waals surface area contributed by atoms with Crippen LogP contribution in [0.15, 0.2) is 124 Å². The Morgan fingerprint density at radius 1 is 0.764 bits per heavy atom. The van der Waals surface area contributed by atoms with Gasteiger partial charge in [-0.1, -0.05) is 106 Å². The second-order valence-corrected chi connectivity index (χ2v) is 23.8. The maximum atomic E-state index is 13.8. The molecule has 0 aromatic heterocycles. The molecule has 1 aliphatic heterocycles. The third-order valence-corrected chi connectivity index (χ3v) is 18.9. The van der Waals surface area contributed by atoms with Gasteiger partial charge in [0.05, 0.1) is 9.79 Å². The minimum Gasteiger partial charge on any atom is -0.406 e. The van der Waals surface area contributed by atoms with E-state index < -0.39 is 43.5 Å². The zero-order chi connectivity index (χ0) is 39.9. The first kappa shape index (κ1) is 43.1. The predicted molar refractivity (Wildman–Crippen MR) is 216 cm³/mol. The highest BCUT2D eigenvalue weighted by Gasteiger charge is 2.50. The summed E-state index contributed by atoms with van der Waals surface area (Å²) in [6.07, 6.45) is 0.605. The second kappa shape index (κ2) is 18.1. The van der Waals surface area contributed by atoms with Crippen molar-refractivity contribution in [1.82, 2.24) is 9.80 Å². The van der Waals surface area contributed by atoms with Gasteiger partial charge in [-0.15, -0.1) is 11.8 Å². The smallest absolute Gasteiger partial charge is 0.406 e. The lowest BCUT2D eigenvalue weighted by atomic mass is 9.97. The van der Waals surface area contributed by atoms with Gasteiger partial charge in [0.2, 0.25) is 10.0 Å². The number of rotatable bonds is 16. The number of sulfonamides is 1. The van der Waals surface area contributed by atoms with Gasteiger partial charge in [0.15, 0.2) is 0 Å². The van der Waals surface area contributed by atoms with Crippen molar-refractivity contribution < 1.29 is 34.4 Å². The Balaban J connectivity index is 1.25. The van der Waals surface area contributed by atoms with Crippen molar-refractivity contribution in [2.75, 3.05) is 51.6 Å². The van der Waals surface area contributed by atoms with Crippen molar-refractivity contribution in [2.45, 2.75) is 58.8 Å². The van der Waals surface area contributed by atoms with E-state index in [4.69, 9.17) is 9.56 Å². The first-order valence-corrected chi connectivity index (χ1v) is 24.2. The summed E-state index contributed by atoms with van der Waals surface area (Å²) < 4.78 is 97.9. The fourth-order valence-electron chi connectivity index (χ4n) is 7.23. The van der Waals surface area contributed by atoms with Crippen LogP contribution in [0.3, 0.4) is 0 Å². The fourth-order valence-corrected chi connectivity index (χ4v) is 14.5. The molecule has 1 atom stereocenters. The van der Waals surface area contributed by atoms with E-state index >= 15 is 0 Å². The van der Waals surface area contributed by atoms with Crippen LogP contribution in [0.4, 0.5) is 13.2 Å². The Kier molecular flexibility index (Phi) is 14.2. The van der Waals surface area contributed by atoms with Gasteiger partial charge in [0.25, 0.3) is 18.2 Å². The zero-order valence-corrected chi connectivity index (χ0v) is 34.9. The number of piperazine rings is 1. The lowest BCUT2D eigenvalue weighted by Gasteiger charge is -2.43. The predicted octanol–water partition coefficient (Wildman–Crippen LogP) is 6.16. The van der Waals surface area contributed by atoms with Crippen LogP contribution in [0.25, 0.3) is 0 Å². The van der Waals surface area contributed by atoms with Crippen LogP contribution in [-0.4, -0.2) is 92.1 Å². The summed E-state index contributed by atoms with van der Waals surface area (Å²) in [5.74, 6) is 0.303. The highest BCUT2D eigenvalue weighted by atomic mass is 32.2. The van der Waals surface area contributed by atoms with E-state index in [1.54, 1.807) is 11.8 Å². The van der Waals surface area contributed by atoms with Crippen LogP contribution in [0.2, 0.25) is 5.04 Å². The van der Waals surface area contributed by atoms with Gasteiger partial charge >= 0.3 is 5.51 Å². The molecule has 0 saturated carbocycles. The van der Waals surface area contributed by atoms with E-state index in [2.05, 4.69) is 79.1 Å². The summed E-state index contributed by atoms with van der Waals surface area (Å²) in [5, 5.41) is 7.53. The standard InChI is InChI=1S/C40H50F3N3O5S3Si/c1-39(2,3)55(36-15-9-5-10-16-36,37-17-11-6-12-18-37)51-28-27-46-25-23-45(24-26-46)22-21-32(31-52-34-13-7-4-8-14-34)29-33-19-20-35(54(44,49)50)30-38(33)53(47,48)40(41,42)43/h4-20,30,32H,21-29,31H2,1-3H3,(H2,44,49,50)/t32-/m0/s1. The minimum atomic E-state index is -5.85. The minimum absolute atomic E-state index is 0.00885. The van der Waals surface area contributed by atoms with E-state index in [1.165, 1.54) is 10.4 Å². The molecule has 8 nitrogen and oxygen atoms in total. The number of thioether (sulfide) groups is 1. The van der Waals surface area contributed by atoms with Crippen molar-refractivity contribution in [1.29, 1.82) is 0 Å². The average Bonchev–Trinajstić information content (AvgIpc) is 3.15. The number of alkyl halides is 3. The Morgan fingerprint density at radius 2 is 1.27 bits per heavy atom. The van der Waals surface area contributed by atoms with Gasteiger partial charge in [-0.2, -0.15) is 13.2 Å². The number of benzene rings is 4. The van der Waals surface area contributed by atoms with E-state index in [0.29, 0.717) is 31.4 Å². The van der Waals surface area contributed by atoms with E-state index in [-0.39, 0.29) is 22.9 Å². The normalized spacial score (nSPS) is 15.9. The fraction of sp³-hybridized carbons (Fsp3) is 0.400. The molecule has 0 spiro atoms. The number of hydrogen-bond donors (Lipinski definition) is 1. The summed E-state index contributed by atoms with van der Waals surface area (Å²) in [4.78, 5) is 3.95. The van der Waals surface area contributed by atoms with Crippen LogP contribution < -0.4 is 15.5 Å². The zero-order valence-electron chi connectivity index (χ0n) is 31.4. The Labute approximate surface area is 329 Å². The average molecular weight is 834 g/mol. The molecule has 1 fully saturated rings. The van der Waals surface area contributed by atoms with Crippen molar-refractivity contribution in [3.05, 3.63) is 115 Å². The largest absolute Gasteiger partial charge is 0.501 e. The first-order chi connectivity index (χ1) is 25.9. The van der Waals surface area contributed by atoms with E-state index in [0.717, 1.165) is 49.8 Å². The molecule has 1 heterocycles. The molecule has 55 heavy (non-hydrogen) atoms. The molecular formula is C40H50F3N3O5S3Si. The third kappa shape index (κ3) is 10.7. The second-order valence-electron chi connectivity index (χ2n) is 14.9. The van der Waals surface area contributed by atoms with Crippen LogP contribution in [0, 0.1) is 5.92 Å². The number of nitrogens with two attached hydrogens (primary N) is 1. The van der Waals surface area contributed by atoms with E-state index in [9.17, 15) is 30.0 Å². The topological polar surface area (TPSA) is 110 Å². The molecule has 0 radical (unpaired) electrons. The number of halogens is 3. The maximum absolute atomic E-state index is 13.8. The van der Waals surface area contributed by atoms with E-state index in [1.807, 2.05) is 42.5 Å². The summed E-state index contributed by atoms with van der Waals surface area (Å²) in [6, 6.07) is 33.4. The van der Waals surface area contributed by atoms with Crippen LogP contribution in [0.5, 0.6) is 0 Å². The van der Waals surface area contributed by atoms with Crippen molar-refractivity contribution >= 4 is 50.3 Å². The molecular weight excluding hydrogens is 784 g/mol. The lowest BCUT2D eigenvalue weighted by molar-refractivity contribution is -0.0436. The number of primary sulfonamides is 1. The van der Waals surface area contributed by atoms with Gasteiger partial charge in [0, 0.05) is 50.0 Å². The molecule has 0 aliphatic carbocycles. The van der Waals surface area contributed by atoms with Crippen molar-refractivity contribution in [3.63, 3.8) is 0 Å². The van der Waals surface area contributed by atoms with Crippen molar-refractivity contribution in [2.24, 2.45) is 11.1 Å². The lowest BCUT2D eigenvalue weighted by Crippen LogP contribution is -2.67. The summed E-state index contributed by atoms with van der Waals surface area (Å²) >= 11 is 1.55. The molecule has 0 bridgehead atoms. The Morgan fingerprint density at radius 3 is 1.76 bits per heavy atom. The first-order valence-electron chi connectivity index (χ1n) is 18.3. The maximum Gasteiger partial charge on any atom is 0.501 e. The Bertz CT molecular complexity index is 2020. The molecule has 298 valence electrons. The third-order valence-electron chi connectivity index (χ3n) is 10.2. The molecule has 4 aromatic rings. The van der Waals surface area contributed by atoms with Gasteiger partial charge in [-0.05, 0) is 70.5 Å². The van der Waals surface area contributed by atoms with Gasteiger partial charge in [-0.3, -0.25) is 4.90 Å².